The molecule has 1 aliphatic rings. The summed E-state index contributed by atoms with van der Waals surface area (Å²) in [6.07, 6.45) is 0.402. The van der Waals surface area contributed by atoms with Crippen molar-refractivity contribution in [3.05, 3.63) is 0 Å². The Hall–Kier alpha value is -0.120. The van der Waals surface area contributed by atoms with Crippen LogP contribution in [0, 0.1) is 0 Å². The molecule has 0 amide bonds. The molecular formula is C6H13NO2. The second kappa shape index (κ2) is 2.64. The van der Waals surface area contributed by atoms with Crippen LogP contribution >= 0.6 is 0 Å². The zero-order chi connectivity index (χ0) is 6.85. The Morgan fingerprint density at radius 2 is 2.33 bits per heavy atom. The second-order valence-corrected chi connectivity index (χ2v) is 2.64. The number of hydrogen-bond donors (Lipinski definition) is 3. The molecule has 0 bridgehead atoms. The summed E-state index contributed by atoms with van der Waals surface area (Å²) < 4.78 is 0. The summed E-state index contributed by atoms with van der Waals surface area (Å²) in [5.74, 6) is 0. The Morgan fingerprint density at radius 1 is 1.67 bits per heavy atom. The standard InChI is InChI=1S/C6H13NO2/c1-4-6(9)2-5(3-8)7-4/h4-9H,2-3H2,1H3. The first-order chi connectivity index (χ1) is 4.24. The molecule has 1 rings (SSSR count). The average Bonchev–Trinajstić information content (AvgIpc) is 2.13. The van der Waals surface area contributed by atoms with E-state index in [1.165, 1.54) is 0 Å². The lowest BCUT2D eigenvalue weighted by Crippen LogP contribution is -2.31. The maximum atomic E-state index is 9.13. The second-order valence-electron chi connectivity index (χ2n) is 2.64. The SMILES string of the molecule is CC1NC(CO)CC1O. The van der Waals surface area contributed by atoms with E-state index in [0.29, 0.717) is 6.42 Å². The van der Waals surface area contributed by atoms with Crippen molar-refractivity contribution in [3.8, 4) is 0 Å². The quantitative estimate of drug-likeness (QED) is 0.432. The van der Waals surface area contributed by atoms with Crippen LogP contribution in [0.1, 0.15) is 13.3 Å². The van der Waals surface area contributed by atoms with Gasteiger partial charge >= 0.3 is 0 Å². The highest BCUT2D eigenvalue weighted by Crippen LogP contribution is 2.11. The molecule has 3 atom stereocenters. The van der Waals surface area contributed by atoms with Gasteiger partial charge in [-0.15, -0.1) is 0 Å². The molecule has 3 nitrogen and oxygen atoms in total. The summed E-state index contributed by atoms with van der Waals surface area (Å²) in [5, 5.41) is 20.8. The molecule has 1 aliphatic heterocycles. The van der Waals surface area contributed by atoms with Crippen LogP contribution in [0.2, 0.25) is 0 Å². The van der Waals surface area contributed by atoms with Crippen LogP contribution < -0.4 is 5.32 Å². The van der Waals surface area contributed by atoms with Crippen molar-refractivity contribution >= 4 is 0 Å². The first-order valence-electron chi connectivity index (χ1n) is 3.29. The summed E-state index contributed by atoms with van der Waals surface area (Å²) in [6, 6.07) is 0.247. The van der Waals surface area contributed by atoms with Gasteiger partial charge in [-0.25, -0.2) is 0 Å². The topological polar surface area (TPSA) is 52.5 Å². The van der Waals surface area contributed by atoms with Gasteiger partial charge in [-0.2, -0.15) is 0 Å². The summed E-state index contributed by atoms with van der Waals surface area (Å²) >= 11 is 0. The lowest BCUT2D eigenvalue weighted by atomic mass is 10.2. The molecule has 1 heterocycles. The van der Waals surface area contributed by atoms with E-state index in [1.807, 2.05) is 6.92 Å². The fraction of sp³-hybridized carbons (Fsp3) is 1.00. The molecule has 54 valence electrons. The third-order valence-electron chi connectivity index (χ3n) is 1.82. The van der Waals surface area contributed by atoms with E-state index in [0.717, 1.165) is 0 Å². The van der Waals surface area contributed by atoms with Crippen LogP contribution in [0.4, 0.5) is 0 Å². The first-order valence-corrected chi connectivity index (χ1v) is 3.29. The molecule has 0 aromatic carbocycles. The van der Waals surface area contributed by atoms with Crippen molar-refractivity contribution in [1.82, 2.24) is 5.32 Å². The summed E-state index contributed by atoms with van der Waals surface area (Å²) in [6.45, 7) is 2.04. The van der Waals surface area contributed by atoms with E-state index in [9.17, 15) is 0 Å². The van der Waals surface area contributed by atoms with Crippen molar-refractivity contribution < 1.29 is 10.2 Å². The minimum atomic E-state index is -0.276. The number of rotatable bonds is 1. The zero-order valence-electron chi connectivity index (χ0n) is 5.54. The fourth-order valence-electron chi connectivity index (χ4n) is 1.17. The number of aliphatic hydroxyl groups excluding tert-OH is 2. The van der Waals surface area contributed by atoms with Crippen molar-refractivity contribution in [2.45, 2.75) is 31.5 Å². The first kappa shape index (κ1) is 6.99. The van der Waals surface area contributed by atoms with Crippen molar-refractivity contribution in [3.63, 3.8) is 0 Å². The Bertz CT molecular complexity index is 87.1. The molecule has 0 aliphatic carbocycles. The molecule has 0 spiro atoms. The van der Waals surface area contributed by atoms with Crippen LogP contribution in [-0.4, -0.2) is 35.0 Å². The molecule has 1 fully saturated rings. The van der Waals surface area contributed by atoms with Crippen LogP contribution in [0.3, 0.4) is 0 Å². The van der Waals surface area contributed by atoms with Gasteiger partial charge in [0.15, 0.2) is 0 Å². The van der Waals surface area contributed by atoms with Crippen LogP contribution in [0.15, 0.2) is 0 Å². The number of hydrogen-bond acceptors (Lipinski definition) is 3. The smallest absolute Gasteiger partial charge is 0.0706 e. The fourth-order valence-corrected chi connectivity index (χ4v) is 1.17. The normalized spacial score (nSPS) is 43.7. The highest BCUT2D eigenvalue weighted by molar-refractivity contribution is 4.87. The van der Waals surface area contributed by atoms with Crippen molar-refractivity contribution in [2.24, 2.45) is 0 Å². The van der Waals surface area contributed by atoms with Gasteiger partial charge in [0, 0.05) is 12.1 Å². The minimum absolute atomic E-state index is 0.106. The van der Waals surface area contributed by atoms with Crippen molar-refractivity contribution in [2.75, 3.05) is 6.61 Å². The molecule has 0 saturated carbocycles. The van der Waals surface area contributed by atoms with E-state index in [4.69, 9.17) is 10.2 Å². The molecule has 3 heteroatoms. The van der Waals surface area contributed by atoms with Gasteiger partial charge in [-0.05, 0) is 13.3 Å². The largest absolute Gasteiger partial charge is 0.395 e. The predicted octanol–water partition coefficient (Wildman–Crippen LogP) is -0.910. The molecule has 0 radical (unpaired) electrons. The third-order valence-corrected chi connectivity index (χ3v) is 1.82. The highest BCUT2D eigenvalue weighted by atomic mass is 16.3. The van der Waals surface area contributed by atoms with E-state index in [1.54, 1.807) is 0 Å². The van der Waals surface area contributed by atoms with Gasteiger partial charge in [0.05, 0.1) is 12.7 Å². The van der Waals surface area contributed by atoms with Crippen LogP contribution in [0.25, 0.3) is 0 Å². The Morgan fingerprint density at radius 3 is 2.56 bits per heavy atom. The lowest BCUT2D eigenvalue weighted by Gasteiger charge is -2.06. The summed E-state index contributed by atoms with van der Waals surface area (Å²) in [7, 11) is 0. The lowest BCUT2D eigenvalue weighted by molar-refractivity contribution is 0.161. The van der Waals surface area contributed by atoms with Gasteiger partial charge < -0.3 is 15.5 Å². The van der Waals surface area contributed by atoms with Gasteiger partial charge in [0.2, 0.25) is 0 Å². The Balaban J connectivity index is 2.35. The van der Waals surface area contributed by atoms with Gasteiger partial charge in [0.25, 0.3) is 0 Å². The maximum Gasteiger partial charge on any atom is 0.0706 e. The van der Waals surface area contributed by atoms with E-state index >= 15 is 0 Å². The molecule has 1 saturated heterocycles. The Kier molecular flexibility index (Phi) is 2.05. The van der Waals surface area contributed by atoms with Gasteiger partial charge in [0.1, 0.15) is 0 Å². The van der Waals surface area contributed by atoms with Gasteiger partial charge in [-0.1, -0.05) is 0 Å². The van der Waals surface area contributed by atoms with E-state index in [-0.39, 0.29) is 24.8 Å². The monoisotopic (exact) mass is 131 g/mol. The highest BCUT2D eigenvalue weighted by Gasteiger charge is 2.27. The molecule has 9 heavy (non-hydrogen) atoms. The minimum Gasteiger partial charge on any atom is -0.395 e. The average molecular weight is 131 g/mol. The molecule has 0 aromatic heterocycles. The summed E-state index contributed by atoms with van der Waals surface area (Å²) in [5.41, 5.74) is 0. The molecule has 3 N–H and O–H groups in total. The molecular weight excluding hydrogens is 118 g/mol. The van der Waals surface area contributed by atoms with Crippen molar-refractivity contribution in [1.29, 1.82) is 0 Å². The van der Waals surface area contributed by atoms with Crippen LogP contribution in [0.5, 0.6) is 0 Å². The zero-order valence-corrected chi connectivity index (χ0v) is 5.54. The Labute approximate surface area is 54.7 Å². The maximum absolute atomic E-state index is 9.13. The number of aliphatic hydroxyl groups is 2. The number of nitrogens with one attached hydrogen (secondary N) is 1. The van der Waals surface area contributed by atoms with E-state index < -0.39 is 0 Å². The molecule has 3 unspecified atom stereocenters. The summed E-state index contributed by atoms with van der Waals surface area (Å²) in [4.78, 5) is 0. The third kappa shape index (κ3) is 1.41. The predicted molar refractivity (Wildman–Crippen MR) is 34.1 cm³/mol. The molecule has 0 aromatic rings. The van der Waals surface area contributed by atoms with E-state index in [2.05, 4.69) is 5.32 Å². The van der Waals surface area contributed by atoms with Gasteiger partial charge in [-0.3, -0.25) is 0 Å². The van der Waals surface area contributed by atoms with Crippen LogP contribution in [-0.2, 0) is 0 Å².